The fourth-order valence-corrected chi connectivity index (χ4v) is 6.53. The average Bonchev–Trinajstić information content (AvgIpc) is 3.02. The van der Waals surface area contributed by atoms with Crippen molar-refractivity contribution < 1.29 is 35.5 Å². The monoisotopic (exact) mass is 764 g/mol. The van der Waals surface area contributed by atoms with Crippen LogP contribution in [0.25, 0.3) is 0 Å². The van der Waals surface area contributed by atoms with E-state index in [0.717, 1.165) is 25.7 Å². The first-order valence-corrected chi connectivity index (χ1v) is 22.2. The minimum absolute atomic E-state index is 0. The van der Waals surface area contributed by atoms with Crippen molar-refractivity contribution in [2.24, 2.45) is 0 Å². The number of amides is 2. The van der Waals surface area contributed by atoms with Gasteiger partial charge in [0.05, 0.1) is 20.2 Å². The molecule has 2 amide bonds. The molecule has 0 aliphatic heterocycles. The second kappa shape index (κ2) is 36.4. The zero-order valence-electron chi connectivity index (χ0n) is 31.9. The number of carbonyl (C=O) groups excluding carboxylic acids is 2. The molecule has 0 radical (unpaired) electrons. The summed E-state index contributed by atoms with van der Waals surface area (Å²) in [5, 5.41) is 0. The SMILES string of the molecule is CCCCCCCCCCCCC(=O)N(C)CCCCS(=O)(=O)[O-].CCCCCCCCCCCCC(=O)N(C)CCCCS(=O)(=O)[O-].[Ca+2]. The van der Waals surface area contributed by atoms with E-state index in [1.54, 1.807) is 23.9 Å². The van der Waals surface area contributed by atoms with Crippen LogP contribution in [0.2, 0.25) is 0 Å². The van der Waals surface area contributed by atoms with Gasteiger partial charge in [-0.3, -0.25) is 9.59 Å². The van der Waals surface area contributed by atoms with Gasteiger partial charge in [-0.1, -0.05) is 129 Å². The summed E-state index contributed by atoms with van der Waals surface area (Å²) < 4.78 is 62.9. The fourth-order valence-electron chi connectivity index (χ4n) is 5.41. The third-order valence-electron chi connectivity index (χ3n) is 8.62. The van der Waals surface area contributed by atoms with Gasteiger partial charge in [0.25, 0.3) is 0 Å². The summed E-state index contributed by atoms with van der Waals surface area (Å²) in [6, 6.07) is 0. The van der Waals surface area contributed by atoms with Crippen LogP contribution < -0.4 is 0 Å². The summed E-state index contributed by atoms with van der Waals surface area (Å²) in [5.41, 5.74) is 0. The van der Waals surface area contributed by atoms with Crippen LogP contribution in [0.3, 0.4) is 0 Å². The molecule has 49 heavy (non-hydrogen) atoms. The molecule has 0 saturated heterocycles. The molecular weight excluding hydrogens is 693 g/mol. The Morgan fingerprint density at radius 3 is 0.918 bits per heavy atom. The van der Waals surface area contributed by atoms with Crippen LogP contribution in [-0.4, -0.2) is 124 Å². The smallest absolute Gasteiger partial charge is 0.748 e. The molecule has 0 rings (SSSR count). The van der Waals surface area contributed by atoms with Gasteiger partial charge in [0.15, 0.2) is 0 Å². The number of rotatable bonds is 32. The first kappa shape index (κ1) is 53.4. The van der Waals surface area contributed by atoms with Crippen LogP contribution in [0.5, 0.6) is 0 Å². The molecule has 0 saturated carbocycles. The molecule has 0 aliphatic rings. The molecule has 0 unspecified atom stereocenters. The summed E-state index contributed by atoms with van der Waals surface area (Å²) in [4.78, 5) is 27.1. The third kappa shape index (κ3) is 44.1. The molecule has 0 aliphatic carbocycles. The van der Waals surface area contributed by atoms with Gasteiger partial charge in [0, 0.05) is 51.5 Å². The zero-order chi connectivity index (χ0) is 36.5. The first-order chi connectivity index (χ1) is 22.7. The Bertz CT molecular complexity index is 904. The largest absolute Gasteiger partial charge is 2.00 e. The number of hydrogen-bond acceptors (Lipinski definition) is 8. The number of hydrogen-bond donors (Lipinski definition) is 0. The molecule has 0 aromatic rings. The van der Waals surface area contributed by atoms with E-state index in [1.165, 1.54) is 103 Å². The Morgan fingerprint density at radius 1 is 0.429 bits per heavy atom. The first-order valence-electron chi connectivity index (χ1n) is 19.1. The van der Waals surface area contributed by atoms with Crippen molar-refractivity contribution in [1.82, 2.24) is 9.80 Å². The van der Waals surface area contributed by atoms with Crippen molar-refractivity contribution in [1.29, 1.82) is 0 Å². The molecule has 288 valence electrons. The van der Waals surface area contributed by atoms with E-state index >= 15 is 0 Å². The van der Waals surface area contributed by atoms with E-state index in [-0.39, 0.29) is 61.1 Å². The van der Waals surface area contributed by atoms with Crippen LogP contribution >= 0.6 is 0 Å². The fraction of sp³-hybridized carbons (Fsp3) is 0.944. The predicted molar refractivity (Wildman–Crippen MR) is 202 cm³/mol. The van der Waals surface area contributed by atoms with Gasteiger partial charge < -0.3 is 18.9 Å². The van der Waals surface area contributed by atoms with Gasteiger partial charge in [0.1, 0.15) is 0 Å². The van der Waals surface area contributed by atoms with Crippen molar-refractivity contribution >= 4 is 69.8 Å². The third-order valence-corrected chi connectivity index (χ3v) is 10.2. The molecule has 0 aromatic heterocycles. The minimum Gasteiger partial charge on any atom is -0.748 e. The van der Waals surface area contributed by atoms with Gasteiger partial charge in [-0.2, -0.15) is 0 Å². The van der Waals surface area contributed by atoms with Gasteiger partial charge in [-0.05, 0) is 38.5 Å². The van der Waals surface area contributed by atoms with Gasteiger partial charge in [-0.25, -0.2) is 16.8 Å². The van der Waals surface area contributed by atoms with Crippen molar-refractivity contribution in [3.05, 3.63) is 0 Å². The molecule has 0 bridgehead atoms. The van der Waals surface area contributed by atoms with Crippen LogP contribution in [0.4, 0.5) is 0 Å². The molecule has 0 atom stereocenters. The summed E-state index contributed by atoms with van der Waals surface area (Å²) in [6.45, 7) is 5.50. The molecule has 0 aromatic carbocycles. The van der Waals surface area contributed by atoms with E-state index in [0.29, 0.717) is 51.6 Å². The Hall–Kier alpha value is 0.0197. The van der Waals surface area contributed by atoms with Crippen molar-refractivity contribution in [3.8, 4) is 0 Å². The summed E-state index contributed by atoms with van der Waals surface area (Å²) in [6.07, 6.45) is 27.8. The Labute approximate surface area is 332 Å². The molecule has 0 N–H and O–H groups in total. The summed E-state index contributed by atoms with van der Waals surface area (Å²) in [7, 11) is -4.78. The number of nitrogens with zero attached hydrogens (tertiary/aromatic N) is 2. The number of carbonyl (C=O) groups is 2. The zero-order valence-corrected chi connectivity index (χ0v) is 35.7. The van der Waals surface area contributed by atoms with Crippen molar-refractivity contribution in [3.63, 3.8) is 0 Å². The molecule has 0 fully saturated rings. The van der Waals surface area contributed by atoms with Crippen molar-refractivity contribution in [2.75, 3.05) is 38.7 Å². The molecular formula is C36H72CaN2O8S2. The molecule has 0 spiro atoms. The normalized spacial score (nSPS) is 11.4. The van der Waals surface area contributed by atoms with E-state index < -0.39 is 20.2 Å². The maximum Gasteiger partial charge on any atom is 2.00 e. The topological polar surface area (TPSA) is 155 Å². The number of unbranched alkanes of at least 4 members (excludes halogenated alkanes) is 20. The summed E-state index contributed by atoms with van der Waals surface area (Å²) >= 11 is 0. The minimum atomic E-state index is -4.13. The van der Waals surface area contributed by atoms with Crippen LogP contribution in [0.1, 0.15) is 181 Å². The molecule has 0 heterocycles. The molecule has 10 nitrogen and oxygen atoms in total. The Balaban J connectivity index is -0.000000846. The van der Waals surface area contributed by atoms with E-state index in [1.807, 2.05) is 0 Å². The van der Waals surface area contributed by atoms with Crippen LogP contribution in [0.15, 0.2) is 0 Å². The van der Waals surface area contributed by atoms with E-state index in [2.05, 4.69) is 13.8 Å². The predicted octanol–water partition coefficient (Wildman–Crippen LogP) is 7.78. The van der Waals surface area contributed by atoms with Crippen LogP contribution in [-0.2, 0) is 29.8 Å². The quantitative estimate of drug-likeness (QED) is 0.0382. The maximum absolute atomic E-state index is 11.9. The van der Waals surface area contributed by atoms with E-state index in [9.17, 15) is 35.5 Å². The van der Waals surface area contributed by atoms with Gasteiger partial charge in [-0.15, -0.1) is 0 Å². The summed E-state index contributed by atoms with van der Waals surface area (Å²) in [5.74, 6) is -0.458. The molecule has 13 heteroatoms. The second-order valence-electron chi connectivity index (χ2n) is 13.4. The van der Waals surface area contributed by atoms with Crippen LogP contribution in [0, 0.1) is 0 Å². The van der Waals surface area contributed by atoms with Gasteiger partial charge >= 0.3 is 37.7 Å². The standard InChI is InChI=1S/2C18H37NO4S.Ca/c2*1-3-4-5-6-7-8-9-10-11-12-15-18(20)19(2)16-13-14-17-24(21,22)23;/h2*3-17H2,1-2H3,(H,21,22,23);/q;;+2/p-2. The van der Waals surface area contributed by atoms with E-state index in [4.69, 9.17) is 0 Å². The Kier molecular flexibility index (Phi) is 39.6. The van der Waals surface area contributed by atoms with Crippen molar-refractivity contribution in [2.45, 2.75) is 181 Å². The average molecular weight is 765 g/mol. The Morgan fingerprint density at radius 2 is 0.673 bits per heavy atom. The second-order valence-corrected chi connectivity index (χ2v) is 16.5. The maximum atomic E-state index is 11.9. The van der Waals surface area contributed by atoms with Gasteiger partial charge in [0.2, 0.25) is 11.8 Å².